The Kier molecular flexibility index (Phi) is 3.34. The van der Waals surface area contributed by atoms with Crippen LogP contribution in [0.3, 0.4) is 0 Å². The Morgan fingerprint density at radius 1 is 1.00 bits per heavy atom. The fourth-order valence-corrected chi connectivity index (χ4v) is 2.70. The van der Waals surface area contributed by atoms with Crippen LogP contribution < -0.4 is 5.73 Å². The molecule has 0 aromatic heterocycles. The molecule has 0 saturated carbocycles. The van der Waals surface area contributed by atoms with E-state index in [1.54, 1.807) is 11.8 Å². The highest BCUT2D eigenvalue weighted by atomic mass is 79.9. The summed E-state index contributed by atoms with van der Waals surface area (Å²) < 4.78 is 1.09. The molecule has 2 rings (SSSR count). The van der Waals surface area contributed by atoms with Crippen molar-refractivity contribution in [3.8, 4) is 0 Å². The van der Waals surface area contributed by atoms with Gasteiger partial charge >= 0.3 is 0 Å². The summed E-state index contributed by atoms with van der Waals surface area (Å²) in [5.74, 6) is 0. The zero-order chi connectivity index (χ0) is 10.7. The lowest BCUT2D eigenvalue weighted by Gasteiger charge is -2.04. The lowest BCUT2D eigenvalue weighted by molar-refractivity contribution is 1.39. The van der Waals surface area contributed by atoms with Crippen LogP contribution in [0.2, 0.25) is 0 Å². The lowest BCUT2D eigenvalue weighted by atomic mass is 10.3. The van der Waals surface area contributed by atoms with Crippen molar-refractivity contribution in [3.63, 3.8) is 0 Å². The molecule has 2 aromatic carbocycles. The molecule has 2 N–H and O–H groups in total. The molecule has 0 spiro atoms. The standard InChI is InChI=1S/C12H10BrNS/c13-9-4-3-5-10(8-9)15-12-7-2-1-6-11(12)14/h1-8H,14H2. The van der Waals surface area contributed by atoms with Crippen LogP contribution in [0.25, 0.3) is 0 Å². The molecule has 0 aliphatic carbocycles. The summed E-state index contributed by atoms with van der Waals surface area (Å²) in [6.07, 6.45) is 0. The summed E-state index contributed by atoms with van der Waals surface area (Å²) in [7, 11) is 0. The van der Waals surface area contributed by atoms with Crippen LogP contribution in [-0.4, -0.2) is 0 Å². The maximum atomic E-state index is 5.87. The molecule has 0 bridgehead atoms. The van der Waals surface area contributed by atoms with Gasteiger partial charge in [0.05, 0.1) is 0 Å². The van der Waals surface area contributed by atoms with Crippen molar-refractivity contribution in [3.05, 3.63) is 53.0 Å². The fraction of sp³-hybridized carbons (Fsp3) is 0. The first kappa shape index (κ1) is 10.6. The number of hydrogen-bond donors (Lipinski definition) is 1. The van der Waals surface area contributed by atoms with Crippen molar-refractivity contribution >= 4 is 33.4 Å². The minimum absolute atomic E-state index is 0.822. The maximum absolute atomic E-state index is 5.87. The molecule has 0 fully saturated rings. The van der Waals surface area contributed by atoms with E-state index in [-0.39, 0.29) is 0 Å². The largest absolute Gasteiger partial charge is 0.398 e. The Labute approximate surface area is 102 Å². The molecule has 0 atom stereocenters. The first-order valence-electron chi connectivity index (χ1n) is 4.53. The number of para-hydroxylation sites is 1. The van der Waals surface area contributed by atoms with E-state index in [1.165, 1.54) is 4.90 Å². The third-order valence-electron chi connectivity index (χ3n) is 1.94. The van der Waals surface area contributed by atoms with Gasteiger partial charge in [0.2, 0.25) is 0 Å². The molecule has 3 heteroatoms. The van der Waals surface area contributed by atoms with E-state index < -0.39 is 0 Å². The Morgan fingerprint density at radius 2 is 1.80 bits per heavy atom. The van der Waals surface area contributed by atoms with Crippen LogP contribution in [0.5, 0.6) is 0 Å². The molecule has 0 unspecified atom stereocenters. The third kappa shape index (κ3) is 2.76. The Morgan fingerprint density at radius 3 is 2.53 bits per heavy atom. The quantitative estimate of drug-likeness (QED) is 0.835. The average Bonchev–Trinajstić information content (AvgIpc) is 2.22. The maximum Gasteiger partial charge on any atom is 0.0455 e. The first-order chi connectivity index (χ1) is 7.25. The van der Waals surface area contributed by atoms with Crippen molar-refractivity contribution in [1.82, 2.24) is 0 Å². The van der Waals surface area contributed by atoms with Gasteiger partial charge in [-0.2, -0.15) is 0 Å². The zero-order valence-corrected chi connectivity index (χ0v) is 10.4. The number of anilines is 1. The Hall–Kier alpha value is -0.930. The molecule has 1 nitrogen and oxygen atoms in total. The molecule has 15 heavy (non-hydrogen) atoms. The van der Waals surface area contributed by atoms with Gasteiger partial charge in [0.15, 0.2) is 0 Å². The summed E-state index contributed by atoms with van der Waals surface area (Å²) in [6.45, 7) is 0. The summed E-state index contributed by atoms with van der Waals surface area (Å²) in [5, 5.41) is 0. The van der Waals surface area contributed by atoms with Gasteiger partial charge in [0.1, 0.15) is 0 Å². The molecule has 76 valence electrons. The van der Waals surface area contributed by atoms with Crippen LogP contribution in [0, 0.1) is 0 Å². The van der Waals surface area contributed by atoms with Crippen LogP contribution in [0.15, 0.2) is 62.8 Å². The molecular weight excluding hydrogens is 270 g/mol. The number of nitrogen functional groups attached to an aromatic ring is 1. The van der Waals surface area contributed by atoms with E-state index in [1.807, 2.05) is 36.4 Å². The summed E-state index contributed by atoms with van der Waals surface area (Å²) in [4.78, 5) is 2.28. The van der Waals surface area contributed by atoms with Gasteiger partial charge in [-0.1, -0.05) is 45.9 Å². The van der Waals surface area contributed by atoms with Crippen molar-refractivity contribution < 1.29 is 0 Å². The fourth-order valence-electron chi connectivity index (χ4n) is 1.23. The monoisotopic (exact) mass is 279 g/mol. The minimum atomic E-state index is 0.822. The highest BCUT2D eigenvalue weighted by molar-refractivity contribution is 9.10. The zero-order valence-electron chi connectivity index (χ0n) is 7.98. The smallest absolute Gasteiger partial charge is 0.0455 e. The summed E-state index contributed by atoms with van der Waals surface area (Å²) in [5.41, 5.74) is 6.70. The molecule has 0 aliphatic rings. The number of benzene rings is 2. The van der Waals surface area contributed by atoms with E-state index in [0.717, 1.165) is 15.1 Å². The minimum Gasteiger partial charge on any atom is -0.398 e. The van der Waals surface area contributed by atoms with E-state index in [4.69, 9.17) is 5.73 Å². The van der Waals surface area contributed by atoms with E-state index in [2.05, 4.69) is 28.1 Å². The van der Waals surface area contributed by atoms with Gasteiger partial charge in [0.25, 0.3) is 0 Å². The molecular formula is C12H10BrNS. The molecule has 0 radical (unpaired) electrons. The highest BCUT2D eigenvalue weighted by Gasteiger charge is 2.00. The SMILES string of the molecule is Nc1ccccc1Sc1cccc(Br)c1. The molecule has 0 aliphatic heterocycles. The summed E-state index contributed by atoms with van der Waals surface area (Å²) >= 11 is 5.12. The number of nitrogens with two attached hydrogens (primary N) is 1. The Balaban J connectivity index is 2.26. The van der Waals surface area contributed by atoms with Gasteiger partial charge in [-0.05, 0) is 30.3 Å². The third-order valence-corrected chi connectivity index (χ3v) is 3.52. The predicted octanol–water partition coefficient (Wildman–Crippen LogP) is 4.18. The Bertz CT molecular complexity index is 471. The number of rotatable bonds is 2. The van der Waals surface area contributed by atoms with Crippen LogP contribution in [-0.2, 0) is 0 Å². The molecule has 0 saturated heterocycles. The lowest BCUT2D eigenvalue weighted by Crippen LogP contribution is -1.86. The highest BCUT2D eigenvalue weighted by Crippen LogP contribution is 2.32. The van der Waals surface area contributed by atoms with Crippen LogP contribution in [0.4, 0.5) is 5.69 Å². The van der Waals surface area contributed by atoms with E-state index in [0.29, 0.717) is 0 Å². The van der Waals surface area contributed by atoms with Crippen molar-refractivity contribution in [2.75, 3.05) is 5.73 Å². The predicted molar refractivity (Wildman–Crippen MR) is 69.1 cm³/mol. The van der Waals surface area contributed by atoms with Crippen molar-refractivity contribution in [2.24, 2.45) is 0 Å². The number of hydrogen-bond acceptors (Lipinski definition) is 2. The average molecular weight is 280 g/mol. The summed E-state index contributed by atoms with van der Waals surface area (Å²) in [6, 6.07) is 16.1. The van der Waals surface area contributed by atoms with Crippen LogP contribution >= 0.6 is 27.7 Å². The second-order valence-corrected chi connectivity index (χ2v) is 5.13. The molecule has 0 amide bonds. The van der Waals surface area contributed by atoms with Gasteiger partial charge in [0, 0.05) is 20.0 Å². The number of halogens is 1. The van der Waals surface area contributed by atoms with Gasteiger partial charge in [-0.3, -0.25) is 0 Å². The second kappa shape index (κ2) is 4.73. The van der Waals surface area contributed by atoms with Gasteiger partial charge in [-0.25, -0.2) is 0 Å². The topological polar surface area (TPSA) is 26.0 Å². The van der Waals surface area contributed by atoms with E-state index >= 15 is 0 Å². The van der Waals surface area contributed by atoms with Crippen LogP contribution in [0.1, 0.15) is 0 Å². The molecule has 0 heterocycles. The normalized spacial score (nSPS) is 10.2. The van der Waals surface area contributed by atoms with Crippen molar-refractivity contribution in [2.45, 2.75) is 9.79 Å². The van der Waals surface area contributed by atoms with E-state index in [9.17, 15) is 0 Å². The molecule has 2 aromatic rings. The van der Waals surface area contributed by atoms with Gasteiger partial charge < -0.3 is 5.73 Å². The second-order valence-electron chi connectivity index (χ2n) is 3.10. The first-order valence-corrected chi connectivity index (χ1v) is 6.14. The van der Waals surface area contributed by atoms with Gasteiger partial charge in [-0.15, -0.1) is 0 Å². The van der Waals surface area contributed by atoms with Crippen molar-refractivity contribution in [1.29, 1.82) is 0 Å².